The monoisotopic (exact) mass is 244 g/mol. The average molecular weight is 244 g/mol. The summed E-state index contributed by atoms with van der Waals surface area (Å²) in [5.74, 6) is 2.52. The number of terminal acetylenes is 1. The third kappa shape index (κ3) is 2.84. The van der Waals surface area contributed by atoms with E-state index >= 15 is 0 Å². The first-order valence-electron chi connectivity index (χ1n) is 5.22. The molecule has 1 heterocycles. The van der Waals surface area contributed by atoms with Crippen LogP contribution in [0.1, 0.15) is 5.56 Å². The van der Waals surface area contributed by atoms with Gasteiger partial charge in [-0.15, -0.1) is 6.42 Å². The summed E-state index contributed by atoms with van der Waals surface area (Å²) in [5.41, 5.74) is 2.05. The molecule has 0 aliphatic heterocycles. The van der Waals surface area contributed by atoms with Crippen molar-refractivity contribution in [1.82, 2.24) is 9.27 Å². The Kier molecular flexibility index (Phi) is 3.76. The third-order valence-electron chi connectivity index (χ3n) is 2.30. The van der Waals surface area contributed by atoms with Crippen LogP contribution in [0, 0.1) is 12.3 Å². The molecule has 3 nitrogen and oxygen atoms in total. The van der Waals surface area contributed by atoms with E-state index in [4.69, 9.17) is 6.42 Å². The molecule has 0 fully saturated rings. The van der Waals surface area contributed by atoms with E-state index in [1.165, 1.54) is 11.5 Å². The maximum absolute atomic E-state index is 11.5. The van der Waals surface area contributed by atoms with Gasteiger partial charge in [-0.25, -0.2) is 3.96 Å². The molecule has 0 radical (unpaired) electrons. The summed E-state index contributed by atoms with van der Waals surface area (Å²) in [6, 6.07) is 9.42. The Bertz CT molecular complexity index is 574. The second-order valence-corrected chi connectivity index (χ2v) is 4.36. The highest BCUT2D eigenvalue weighted by atomic mass is 32.1. The number of hydrogen-bond acceptors (Lipinski definition) is 3. The Morgan fingerprint density at radius 1 is 1.29 bits per heavy atom. The first kappa shape index (κ1) is 11.6. The fraction of sp³-hybridized carbons (Fsp3) is 0.154. The van der Waals surface area contributed by atoms with Gasteiger partial charge in [-0.05, 0) is 17.7 Å². The lowest BCUT2D eigenvalue weighted by Gasteiger charge is -2.04. The predicted octanol–water partition coefficient (Wildman–Crippen LogP) is 1.62. The van der Waals surface area contributed by atoms with Crippen molar-refractivity contribution in [1.29, 1.82) is 0 Å². The fourth-order valence-corrected chi connectivity index (χ4v) is 2.19. The minimum absolute atomic E-state index is 0.00760. The largest absolute Gasteiger partial charge is 0.302 e. The zero-order valence-electron chi connectivity index (χ0n) is 9.22. The van der Waals surface area contributed by atoms with Crippen molar-refractivity contribution in [2.45, 2.75) is 6.54 Å². The van der Waals surface area contributed by atoms with Crippen molar-refractivity contribution < 1.29 is 0 Å². The number of rotatable bonds is 4. The second-order valence-electron chi connectivity index (χ2n) is 3.51. The zero-order chi connectivity index (χ0) is 12.1. The summed E-state index contributed by atoms with van der Waals surface area (Å²) >= 11 is 1.39. The molecule has 0 aliphatic carbocycles. The van der Waals surface area contributed by atoms with Gasteiger partial charge in [0, 0.05) is 18.0 Å². The molecule has 1 aromatic carbocycles. The van der Waals surface area contributed by atoms with Gasteiger partial charge in [0.1, 0.15) is 0 Å². The van der Waals surface area contributed by atoms with Crippen molar-refractivity contribution in [2.24, 2.45) is 0 Å². The van der Waals surface area contributed by atoms with Crippen LogP contribution in [-0.2, 0) is 6.54 Å². The van der Waals surface area contributed by atoms with Gasteiger partial charge in [-0.2, -0.15) is 0 Å². The first-order valence-corrected chi connectivity index (χ1v) is 6.05. The normalized spacial score (nSPS) is 10.1. The molecule has 4 heteroatoms. The molecule has 2 aromatic rings. The molecule has 0 atom stereocenters. The highest BCUT2D eigenvalue weighted by Crippen LogP contribution is 2.10. The number of nitrogens with one attached hydrogen (secondary N) is 1. The summed E-state index contributed by atoms with van der Waals surface area (Å²) in [4.78, 5) is 11.5. The molecule has 0 saturated carbocycles. The van der Waals surface area contributed by atoms with Gasteiger partial charge in [0.15, 0.2) is 0 Å². The number of aromatic nitrogens is 1. The second kappa shape index (κ2) is 5.48. The van der Waals surface area contributed by atoms with E-state index in [2.05, 4.69) is 11.2 Å². The van der Waals surface area contributed by atoms with Gasteiger partial charge in [0.05, 0.1) is 12.2 Å². The molecule has 0 bridgehead atoms. The topological polar surface area (TPSA) is 34.0 Å². The molecule has 0 spiro atoms. The van der Waals surface area contributed by atoms with Gasteiger partial charge in [0.2, 0.25) is 0 Å². The number of hydrogen-bond donors (Lipinski definition) is 1. The smallest absolute Gasteiger partial charge is 0.265 e. The van der Waals surface area contributed by atoms with Crippen LogP contribution in [0.15, 0.2) is 40.5 Å². The molecule has 1 N–H and O–H groups in total. The predicted molar refractivity (Wildman–Crippen MR) is 70.5 cm³/mol. The molecule has 0 aliphatic rings. The minimum Gasteiger partial charge on any atom is -0.302 e. The molecule has 1 aromatic heterocycles. The maximum Gasteiger partial charge on any atom is 0.265 e. The Labute approximate surface area is 104 Å². The van der Waals surface area contributed by atoms with Crippen LogP contribution in [0.5, 0.6) is 0 Å². The van der Waals surface area contributed by atoms with Gasteiger partial charge < -0.3 is 5.32 Å². The highest BCUT2D eigenvalue weighted by molar-refractivity contribution is 7.04. The molecule has 0 unspecified atom stereocenters. The molecule has 2 rings (SSSR count). The van der Waals surface area contributed by atoms with Crippen LogP contribution in [-0.4, -0.2) is 10.5 Å². The van der Waals surface area contributed by atoms with E-state index in [1.54, 1.807) is 15.4 Å². The van der Waals surface area contributed by atoms with Crippen LogP contribution in [0.2, 0.25) is 0 Å². The Morgan fingerprint density at radius 2 is 2.06 bits per heavy atom. The lowest BCUT2D eigenvalue weighted by atomic mass is 10.2. The third-order valence-corrected chi connectivity index (χ3v) is 3.16. The summed E-state index contributed by atoms with van der Waals surface area (Å²) in [5, 5.41) is 4.90. The van der Waals surface area contributed by atoms with Gasteiger partial charge in [-0.3, -0.25) is 4.79 Å². The molecular formula is C13H12N2OS. The van der Waals surface area contributed by atoms with E-state index in [9.17, 15) is 4.79 Å². The van der Waals surface area contributed by atoms with E-state index in [0.29, 0.717) is 6.54 Å². The Hall–Kier alpha value is -1.83. The van der Waals surface area contributed by atoms with E-state index in [1.807, 2.05) is 24.3 Å². The molecule has 0 saturated heterocycles. The van der Waals surface area contributed by atoms with Crippen LogP contribution in [0.3, 0.4) is 0 Å². The lowest BCUT2D eigenvalue weighted by molar-refractivity contribution is 0.770. The number of nitrogens with zero attached hydrogens (tertiary/aromatic N) is 1. The SMILES string of the molecule is C#CCNCc1ccc(-n2sccc2=O)cc1. The first-order chi connectivity index (χ1) is 8.31. The zero-order valence-corrected chi connectivity index (χ0v) is 10.0. The minimum atomic E-state index is 0.00760. The van der Waals surface area contributed by atoms with Crippen molar-refractivity contribution in [3.8, 4) is 18.0 Å². The summed E-state index contributed by atoms with van der Waals surface area (Å²) in [7, 11) is 0. The Balaban J connectivity index is 2.11. The van der Waals surface area contributed by atoms with Crippen molar-refractivity contribution in [3.05, 3.63) is 51.6 Å². The van der Waals surface area contributed by atoms with E-state index in [0.717, 1.165) is 17.8 Å². The summed E-state index contributed by atoms with van der Waals surface area (Å²) in [6.07, 6.45) is 5.15. The Morgan fingerprint density at radius 3 is 2.65 bits per heavy atom. The highest BCUT2D eigenvalue weighted by Gasteiger charge is 2.00. The maximum atomic E-state index is 11.5. The lowest BCUT2D eigenvalue weighted by Crippen LogP contribution is -2.13. The van der Waals surface area contributed by atoms with Crippen LogP contribution in [0.25, 0.3) is 5.69 Å². The van der Waals surface area contributed by atoms with Crippen LogP contribution >= 0.6 is 11.5 Å². The van der Waals surface area contributed by atoms with Crippen LogP contribution in [0.4, 0.5) is 0 Å². The van der Waals surface area contributed by atoms with Crippen LogP contribution < -0.4 is 10.9 Å². The molecule has 0 amide bonds. The fourth-order valence-electron chi connectivity index (χ4n) is 1.49. The van der Waals surface area contributed by atoms with E-state index in [-0.39, 0.29) is 5.56 Å². The van der Waals surface area contributed by atoms with Gasteiger partial charge >= 0.3 is 0 Å². The van der Waals surface area contributed by atoms with Crippen molar-refractivity contribution >= 4 is 11.5 Å². The summed E-state index contributed by atoms with van der Waals surface area (Å²) in [6.45, 7) is 1.30. The van der Waals surface area contributed by atoms with Gasteiger partial charge in [-0.1, -0.05) is 29.6 Å². The summed E-state index contributed by atoms with van der Waals surface area (Å²) < 4.78 is 1.65. The molecular weight excluding hydrogens is 232 g/mol. The van der Waals surface area contributed by atoms with Gasteiger partial charge in [0.25, 0.3) is 5.56 Å². The van der Waals surface area contributed by atoms with Crippen molar-refractivity contribution in [3.63, 3.8) is 0 Å². The van der Waals surface area contributed by atoms with Crippen molar-refractivity contribution in [2.75, 3.05) is 6.54 Å². The number of benzene rings is 1. The quantitative estimate of drug-likeness (QED) is 0.655. The molecule has 86 valence electrons. The average Bonchev–Trinajstić information content (AvgIpc) is 2.77. The standard InChI is InChI=1S/C13H12N2OS/c1-2-8-14-10-11-3-5-12(6-4-11)15-13(16)7-9-17-15/h1,3-7,9,14H,8,10H2. The van der Waals surface area contributed by atoms with E-state index < -0.39 is 0 Å². The molecule has 17 heavy (non-hydrogen) atoms.